The van der Waals surface area contributed by atoms with Crippen molar-refractivity contribution in [3.63, 3.8) is 0 Å². The number of amides is 2. The van der Waals surface area contributed by atoms with E-state index in [9.17, 15) is 22.8 Å². The Bertz CT molecular complexity index is 935. The highest BCUT2D eigenvalue weighted by Crippen LogP contribution is 2.31. The van der Waals surface area contributed by atoms with Crippen LogP contribution in [0.5, 0.6) is 0 Å². The van der Waals surface area contributed by atoms with Gasteiger partial charge in [0.2, 0.25) is 11.8 Å². The Morgan fingerprint density at radius 2 is 1.65 bits per heavy atom. The molecule has 0 aliphatic heterocycles. The van der Waals surface area contributed by atoms with E-state index in [-0.39, 0.29) is 36.5 Å². The minimum Gasteiger partial charge on any atom is -0.326 e. The summed E-state index contributed by atoms with van der Waals surface area (Å²) in [5, 5.41) is 5.46. The van der Waals surface area contributed by atoms with Crippen LogP contribution in [-0.4, -0.2) is 35.8 Å². The molecular formula is C23H26F3N3O2. The van der Waals surface area contributed by atoms with Gasteiger partial charge in [0.15, 0.2) is 0 Å². The van der Waals surface area contributed by atoms with Gasteiger partial charge in [-0.2, -0.15) is 13.2 Å². The Kier molecular flexibility index (Phi) is 7.00. The van der Waals surface area contributed by atoms with Crippen LogP contribution in [0.1, 0.15) is 36.0 Å². The van der Waals surface area contributed by atoms with Gasteiger partial charge in [-0.3, -0.25) is 14.5 Å². The van der Waals surface area contributed by atoms with Crippen molar-refractivity contribution in [1.29, 1.82) is 0 Å². The Morgan fingerprint density at radius 1 is 1.00 bits per heavy atom. The molecule has 0 atom stereocenters. The van der Waals surface area contributed by atoms with Crippen molar-refractivity contribution in [2.45, 2.75) is 45.3 Å². The Balaban J connectivity index is 1.54. The van der Waals surface area contributed by atoms with Crippen LogP contribution < -0.4 is 10.6 Å². The minimum absolute atomic E-state index is 0.0867. The maximum absolute atomic E-state index is 12.8. The highest BCUT2D eigenvalue weighted by atomic mass is 19.4. The first kappa shape index (κ1) is 22.8. The van der Waals surface area contributed by atoms with Crippen LogP contribution in [0.4, 0.5) is 24.5 Å². The van der Waals surface area contributed by atoms with Crippen LogP contribution in [0.25, 0.3) is 0 Å². The van der Waals surface area contributed by atoms with Gasteiger partial charge in [0, 0.05) is 30.4 Å². The fourth-order valence-corrected chi connectivity index (χ4v) is 3.45. The summed E-state index contributed by atoms with van der Waals surface area (Å²) < 4.78 is 38.5. The van der Waals surface area contributed by atoms with Crippen LogP contribution in [0.2, 0.25) is 0 Å². The number of carbonyl (C=O) groups excluding carboxylic acids is 2. The number of para-hydroxylation sites is 1. The molecule has 2 N–H and O–H groups in total. The predicted octanol–water partition coefficient (Wildman–Crippen LogP) is 4.75. The maximum Gasteiger partial charge on any atom is 0.416 e. The molecule has 166 valence electrons. The second kappa shape index (κ2) is 9.51. The first-order valence-corrected chi connectivity index (χ1v) is 10.2. The van der Waals surface area contributed by atoms with Crippen molar-refractivity contribution in [2.24, 2.45) is 0 Å². The predicted molar refractivity (Wildman–Crippen MR) is 114 cm³/mol. The van der Waals surface area contributed by atoms with Gasteiger partial charge < -0.3 is 10.6 Å². The number of carbonyl (C=O) groups is 2. The number of aryl methyl sites for hydroxylation is 2. The van der Waals surface area contributed by atoms with Crippen molar-refractivity contribution in [3.05, 3.63) is 59.2 Å². The molecule has 8 heteroatoms. The van der Waals surface area contributed by atoms with Crippen molar-refractivity contribution in [3.8, 4) is 0 Å². The molecule has 0 aromatic heterocycles. The van der Waals surface area contributed by atoms with E-state index in [0.29, 0.717) is 6.54 Å². The molecule has 0 unspecified atom stereocenters. The molecule has 3 rings (SSSR count). The molecule has 0 saturated heterocycles. The summed E-state index contributed by atoms with van der Waals surface area (Å²) in [7, 11) is 0. The quantitative estimate of drug-likeness (QED) is 0.631. The van der Waals surface area contributed by atoms with Crippen molar-refractivity contribution in [1.82, 2.24) is 4.90 Å². The zero-order chi connectivity index (χ0) is 22.6. The zero-order valence-electron chi connectivity index (χ0n) is 17.6. The first-order chi connectivity index (χ1) is 14.6. The number of benzene rings is 2. The summed E-state index contributed by atoms with van der Waals surface area (Å²) in [6.07, 6.45) is -2.45. The van der Waals surface area contributed by atoms with E-state index in [1.165, 1.54) is 12.1 Å². The second-order valence-electron chi connectivity index (χ2n) is 7.89. The van der Waals surface area contributed by atoms with Crippen molar-refractivity contribution < 1.29 is 22.8 Å². The van der Waals surface area contributed by atoms with E-state index in [1.807, 2.05) is 36.9 Å². The normalized spacial score (nSPS) is 13.9. The molecule has 1 aliphatic carbocycles. The third-order valence-electron chi connectivity index (χ3n) is 5.26. The van der Waals surface area contributed by atoms with Gasteiger partial charge >= 0.3 is 6.18 Å². The lowest BCUT2D eigenvalue weighted by atomic mass is 10.1. The number of hydrogen-bond donors (Lipinski definition) is 2. The van der Waals surface area contributed by atoms with Crippen LogP contribution in [0.3, 0.4) is 0 Å². The minimum atomic E-state index is -4.47. The Morgan fingerprint density at radius 3 is 2.26 bits per heavy atom. The third kappa shape index (κ3) is 6.55. The molecule has 5 nitrogen and oxygen atoms in total. The van der Waals surface area contributed by atoms with E-state index >= 15 is 0 Å². The number of nitrogens with one attached hydrogen (secondary N) is 2. The highest BCUT2D eigenvalue weighted by Gasteiger charge is 2.31. The summed E-state index contributed by atoms with van der Waals surface area (Å²) >= 11 is 0. The summed E-state index contributed by atoms with van der Waals surface area (Å²) in [6, 6.07) is 10.6. The first-order valence-electron chi connectivity index (χ1n) is 10.2. The van der Waals surface area contributed by atoms with Gasteiger partial charge in [0.1, 0.15) is 0 Å². The van der Waals surface area contributed by atoms with Crippen LogP contribution >= 0.6 is 0 Å². The third-order valence-corrected chi connectivity index (χ3v) is 5.26. The molecule has 2 aromatic rings. The number of hydrogen-bond acceptors (Lipinski definition) is 3. The summed E-state index contributed by atoms with van der Waals surface area (Å²) in [5.41, 5.74) is 2.04. The number of halogens is 3. The fraction of sp³-hybridized carbons (Fsp3) is 0.391. The maximum atomic E-state index is 12.8. The van der Waals surface area contributed by atoms with Gasteiger partial charge in [0.05, 0.1) is 12.1 Å². The van der Waals surface area contributed by atoms with E-state index < -0.39 is 11.7 Å². The molecule has 2 amide bonds. The van der Waals surface area contributed by atoms with Gasteiger partial charge in [0.25, 0.3) is 0 Å². The molecule has 0 spiro atoms. The Labute approximate surface area is 179 Å². The number of anilines is 2. The SMILES string of the molecule is Cc1cccc(C)c1NC(=O)CN(CCC(=O)Nc1cccc(C(F)(F)F)c1)C1CC1. The van der Waals surface area contributed by atoms with Crippen molar-refractivity contribution >= 4 is 23.2 Å². The van der Waals surface area contributed by atoms with Crippen LogP contribution in [-0.2, 0) is 15.8 Å². The average molecular weight is 433 g/mol. The summed E-state index contributed by atoms with van der Waals surface area (Å²) in [4.78, 5) is 26.8. The lowest BCUT2D eigenvalue weighted by Crippen LogP contribution is -2.37. The second-order valence-corrected chi connectivity index (χ2v) is 7.89. The standard InChI is InChI=1S/C23H26F3N3O2/c1-15-5-3-6-16(2)22(15)28-21(31)14-29(19-9-10-19)12-11-20(30)27-18-8-4-7-17(13-18)23(24,25)26/h3-8,13,19H,9-12,14H2,1-2H3,(H,27,30)(H,28,31). The van der Waals surface area contributed by atoms with E-state index in [1.54, 1.807) is 0 Å². The number of rotatable bonds is 8. The number of alkyl halides is 3. The van der Waals surface area contributed by atoms with E-state index in [4.69, 9.17) is 0 Å². The smallest absolute Gasteiger partial charge is 0.326 e. The summed E-state index contributed by atoms with van der Waals surface area (Å²) in [5.74, 6) is -0.539. The van der Waals surface area contributed by atoms with Crippen LogP contribution in [0.15, 0.2) is 42.5 Å². The fourth-order valence-electron chi connectivity index (χ4n) is 3.45. The van der Waals surface area contributed by atoms with Gasteiger partial charge in [-0.15, -0.1) is 0 Å². The van der Waals surface area contributed by atoms with Gasteiger partial charge in [-0.1, -0.05) is 24.3 Å². The molecule has 1 fully saturated rings. The monoisotopic (exact) mass is 433 g/mol. The zero-order valence-corrected chi connectivity index (χ0v) is 17.6. The highest BCUT2D eigenvalue weighted by molar-refractivity contribution is 5.94. The Hall–Kier alpha value is -2.87. The summed E-state index contributed by atoms with van der Waals surface area (Å²) in [6.45, 7) is 4.38. The molecule has 1 saturated carbocycles. The topological polar surface area (TPSA) is 61.4 Å². The average Bonchev–Trinajstić information content (AvgIpc) is 3.53. The van der Waals surface area contributed by atoms with Gasteiger partial charge in [-0.05, 0) is 56.0 Å². The molecule has 31 heavy (non-hydrogen) atoms. The lowest BCUT2D eigenvalue weighted by Gasteiger charge is -2.22. The molecular weight excluding hydrogens is 407 g/mol. The molecule has 2 aromatic carbocycles. The largest absolute Gasteiger partial charge is 0.416 e. The number of nitrogens with zero attached hydrogens (tertiary/aromatic N) is 1. The van der Waals surface area contributed by atoms with E-state index in [2.05, 4.69) is 10.6 Å². The van der Waals surface area contributed by atoms with Gasteiger partial charge in [-0.25, -0.2) is 0 Å². The molecule has 0 radical (unpaired) electrons. The van der Waals surface area contributed by atoms with Crippen LogP contribution in [0, 0.1) is 13.8 Å². The van der Waals surface area contributed by atoms with Crippen molar-refractivity contribution in [2.75, 3.05) is 23.7 Å². The molecule has 1 aliphatic rings. The molecule has 0 heterocycles. The molecule has 0 bridgehead atoms. The van der Waals surface area contributed by atoms with E-state index in [0.717, 1.165) is 41.8 Å². The lowest BCUT2D eigenvalue weighted by molar-refractivity contribution is -0.137.